The van der Waals surface area contributed by atoms with Crippen molar-refractivity contribution in [3.05, 3.63) is 63.6 Å². The van der Waals surface area contributed by atoms with Crippen molar-refractivity contribution in [1.82, 2.24) is 10.2 Å². The number of nitrogens with zero attached hydrogens (tertiary/aromatic N) is 1. The SMILES string of the molecule is C[C@H](C(=O)NC(C)(C)C)N(Cc1cccc(Br)c1)C(=O)CCSc1ccc(Cl)cc1. The summed E-state index contributed by atoms with van der Waals surface area (Å²) in [6.45, 7) is 7.95. The van der Waals surface area contributed by atoms with Crippen LogP contribution in [0.3, 0.4) is 0 Å². The van der Waals surface area contributed by atoms with Crippen LogP contribution in [0.5, 0.6) is 0 Å². The quantitative estimate of drug-likeness (QED) is 0.448. The van der Waals surface area contributed by atoms with Gasteiger partial charge in [-0.25, -0.2) is 0 Å². The van der Waals surface area contributed by atoms with Crippen LogP contribution in [-0.4, -0.2) is 34.0 Å². The number of rotatable bonds is 8. The first-order chi connectivity index (χ1) is 14.0. The minimum atomic E-state index is -0.573. The molecule has 4 nitrogen and oxygen atoms in total. The maximum atomic E-state index is 13.1. The number of amides is 2. The second-order valence-electron chi connectivity index (χ2n) is 8.12. The highest BCUT2D eigenvalue weighted by Gasteiger charge is 2.28. The first-order valence-corrected chi connectivity index (χ1v) is 11.9. The van der Waals surface area contributed by atoms with E-state index in [2.05, 4.69) is 21.2 Å². The van der Waals surface area contributed by atoms with Crippen LogP contribution in [0.25, 0.3) is 0 Å². The first-order valence-electron chi connectivity index (χ1n) is 9.79. The zero-order valence-corrected chi connectivity index (χ0v) is 20.9. The Morgan fingerprint density at radius 1 is 1.17 bits per heavy atom. The van der Waals surface area contributed by atoms with E-state index in [1.54, 1.807) is 23.6 Å². The Balaban J connectivity index is 2.09. The van der Waals surface area contributed by atoms with Gasteiger partial charge >= 0.3 is 0 Å². The average Bonchev–Trinajstić information content (AvgIpc) is 2.65. The van der Waals surface area contributed by atoms with Crippen molar-refractivity contribution >= 4 is 51.1 Å². The Morgan fingerprint density at radius 2 is 1.83 bits per heavy atom. The van der Waals surface area contributed by atoms with E-state index in [9.17, 15) is 9.59 Å². The fourth-order valence-electron chi connectivity index (χ4n) is 2.82. The molecule has 7 heteroatoms. The molecule has 2 amide bonds. The number of benzene rings is 2. The summed E-state index contributed by atoms with van der Waals surface area (Å²) in [7, 11) is 0. The van der Waals surface area contributed by atoms with Crippen molar-refractivity contribution in [2.24, 2.45) is 0 Å². The Hall–Kier alpha value is -1.50. The molecule has 0 aromatic heterocycles. The summed E-state index contributed by atoms with van der Waals surface area (Å²) in [5.41, 5.74) is 0.610. The predicted octanol–water partition coefficient (Wildman–Crippen LogP) is 5.92. The van der Waals surface area contributed by atoms with E-state index in [0.29, 0.717) is 23.7 Å². The second-order valence-corrected chi connectivity index (χ2v) is 10.6. The Morgan fingerprint density at radius 3 is 2.43 bits per heavy atom. The molecule has 2 rings (SSSR count). The molecule has 0 radical (unpaired) electrons. The Labute approximate surface area is 196 Å². The summed E-state index contributed by atoms with van der Waals surface area (Å²) in [6.07, 6.45) is 0.342. The minimum Gasteiger partial charge on any atom is -0.350 e. The molecule has 2 aromatic rings. The molecule has 0 spiro atoms. The topological polar surface area (TPSA) is 49.4 Å². The zero-order chi connectivity index (χ0) is 22.3. The standard InChI is InChI=1S/C23H28BrClN2O2S/c1-16(22(29)26-23(2,3)4)27(15-17-6-5-7-18(24)14-17)21(28)12-13-30-20-10-8-19(25)9-11-20/h5-11,14,16H,12-13,15H2,1-4H3,(H,26,29)/t16-/m1/s1. The first kappa shape index (κ1) is 24.8. The fraction of sp³-hybridized carbons (Fsp3) is 0.391. The number of nitrogens with one attached hydrogen (secondary N) is 1. The molecule has 30 heavy (non-hydrogen) atoms. The lowest BCUT2D eigenvalue weighted by Crippen LogP contribution is -2.52. The van der Waals surface area contributed by atoms with E-state index in [1.807, 2.05) is 69.3 Å². The van der Waals surface area contributed by atoms with Gasteiger partial charge in [0.2, 0.25) is 11.8 Å². The van der Waals surface area contributed by atoms with Crippen molar-refractivity contribution in [1.29, 1.82) is 0 Å². The van der Waals surface area contributed by atoms with Crippen molar-refractivity contribution in [2.75, 3.05) is 5.75 Å². The maximum Gasteiger partial charge on any atom is 0.242 e. The lowest BCUT2D eigenvalue weighted by atomic mass is 10.1. The van der Waals surface area contributed by atoms with Gasteiger partial charge in [-0.3, -0.25) is 9.59 Å². The summed E-state index contributed by atoms with van der Waals surface area (Å²) < 4.78 is 0.942. The molecule has 1 N–H and O–H groups in total. The molecule has 0 aliphatic heterocycles. The average molecular weight is 512 g/mol. The number of carbonyl (C=O) groups is 2. The molecule has 162 valence electrons. The summed E-state index contributed by atoms with van der Waals surface area (Å²) in [4.78, 5) is 28.6. The highest BCUT2D eigenvalue weighted by Crippen LogP contribution is 2.22. The van der Waals surface area contributed by atoms with E-state index in [1.165, 1.54) is 0 Å². The lowest BCUT2D eigenvalue weighted by Gasteiger charge is -2.31. The van der Waals surface area contributed by atoms with Crippen LogP contribution in [0.4, 0.5) is 0 Å². The highest BCUT2D eigenvalue weighted by atomic mass is 79.9. The molecule has 0 fully saturated rings. The molecule has 0 aliphatic carbocycles. The fourth-order valence-corrected chi connectivity index (χ4v) is 4.23. The van der Waals surface area contributed by atoms with Crippen molar-refractivity contribution in [3.8, 4) is 0 Å². The molecule has 2 aromatic carbocycles. The third-order valence-corrected chi connectivity index (χ3v) is 6.06. The van der Waals surface area contributed by atoms with Crippen LogP contribution in [0, 0.1) is 0 Å². The molecule has 0 saturated carbocycles. The number of halogens is 2. The van der Waals surface area contributed by atoms with Gasteiger partial charge in [0.05, 0.1) is 0 Å². The van der Waals surface area contributed by atoms with Crippen molar-refractivity contribution in [2.45, 2.75) is 57.1 Å². The number of hydrogen-bond donors (Lipinski definition) is 1. The van der Waals surface area contributed by atoms with E-state index < -0.39 is 6.04 Å². The highest BCUT2D eigenvalue weighted by molar-refractivity contribution is 9.10. The van der Waals surface area contributed by atoms with Gasteiger partial charge in [0.25, 0.3) is 0 Å². The molecule has 1 atom stereocenters. The maximum absolute atomic E-state index is 13.1. The van der Waals surface area contributed by atoms with Crippen LogP contribution in [-0.2, 0) is 16.1 Å². The predicted molar refractivity (Wildman–Crippen MR) is 129 cm³/mol. The van der Waals surface area contributed by atoms with Crippen LogP contribution in [0.1, 0.15) is 39.7 Å². The van der Waals surface area contributed by atoms with Crippen LogP contribution < -0.4 is 5.32 Å². The summed E-state index contributed by atoms with van der Waals surface area (Å²) >= 11 is 11.0. The molecule has 0 aliphatic rings. The number of thioether (sulfide) groups is 1. The summed E-state index contributed by atoms with van der Waals surface area (Å²) in [5, 5.41) is 3.67. The van der Waals surface area contributed by atoms with E-state index in [0.717, 1.165) is 14.9 Å². The smallest absolute Gasteiger partial charge is 0.242 e. The molecule has 0 unspecified atom stereocenters. The normalized spacial score (nSPS) is 12.3. The number of carbonyl (C=O) groups excluding carboxylic acids is 2. The molecule has 0 bridgehead atoms. The Bertz CT molecular complexity index is 868. The van der Waals surface area contributed by atoms with Gasteiger partial charge in [0.15, 0.2) is 0 Å². The number of hydrogen-bond acceptors (Lipinski definition) is 3. The van der Waals surface area contributed by atoms with Gasteiger partial charge in [-0.15, -0.1) is 11.8 Å². The molecular weight excluding hydrogens is 484 g/mol. The second kappa shape index (κ2) is 11.2. The summed E-state index contributed by atoms with van der Waals surface area (Å²) in [5.74, 6) is 0.424. The largest absolute Gasteiger partial charge is 0.350 e. The van der Waals surface area contributed by atoms with Crippen LogP contribution in [0.15, 0.2) is 57.9 Å². The van der Waals surface area contributed by atoms with Gasteiger partial charge in [0, 0.05) is 38.6 Å². The van der Waals surface area contributed by atoms with Gasteiger partial charge < -0.3 is 10.2 Å². The third-order valence-electron chi connectivity index (χ3n) is 4.31. The van der Waals surface area contributed by atoms with Gasteiger partial charge in [-0.2, -0.15) is 0 Å². The van der Waals surface area contributed by atoms with Crippen LogP contribution >= 0.6 is 39.3 Å². The zero-order valence-electron chi connectivity index (χ0n) is 17.7. The van der Waals surface area contributed by atoms with Crippen molar-refractivity contribution < 1.29 is 9.59 Å². The van der Waals surface area contributed by atoms with E-state index in [-0.39, 0.29) is 17.4 Å². The Kier molecular flexibility index (Phi) is 9.26. The van der Waals surface area contributed by atoms with Gasteiger partial charge in [-0.1, -0.05) is 39.7 Å². The lowest BCUT2D eigenvalue weighted by molar-refractivity contribution is -0.140. The van der Waals surface area contributed by atoms with Gasteiger partial charge in [-0.05, 0) is 69.7 Å². The molecular formula is C23H28BrClN2O2S. The summed E-state index contributed by atoms with van der Waals surface area (Å²) in [6, 6.07) is 14.8. The van der Waals surface area contributed by atoms with E-state index in [4.69, 9.17) is 11.6 Å². The van der Waals surface area contributed by atoms with Gasteiger partial charge in [0.1, 0.15) is 6.04 Å². The van der Waals surface area contributed by atoms with Crippen molar-refractivity contribution in [3.63, 3.8) is 0 Å². The molecule has 0 saturated heterocycles. The van der Waals surface area contributed by atoms with E-state index >= 15 is 0 Å². The monoisotopic (exact) mass is 510 g/mol. The minimum absolute atomic E-state index is 0.0481. The molecule has 0 heterocycles. The third kappa shape index (κ3) is 8.32. The van der Waals surface area contributed by atoms with Crippen LogP contribution in [0.2, 0.25) is 5.02 Å².